The molecule has 1 aliphatic rings. The molecule has 3 rings (SSSR count). The lowest BCUT2D eigenvalue weighted by molar-refractivity contribution is -0.255. The van der Waals surface area contributed by atoms with E-state index in [-0.39, 0.29) is 39.8 Å². The number of carboxylic acids is 1. The fraction of sp³-hybridized carbons (Fsp3) is 0.182. The summed E-state index contributed by atoms with van der Waals surface area (Å²) < 4.78 is 5.16. The zero-order valence-corrected chi connectivity index (χ0v) is 17.3. The molecule has 0 atom stereocenters. The van der Waals surface area contributed by atoms with Crippen molar-refractivity contribution < 1.29 is 29.0 Å². The van der Waals surface area contributed by atoms with Crippen molar-refractivity contribution in [3.63, 3.8) is 0 Å². The highest BCUT2D eigenvalue weighted by molar-refractivity contribution is 6.53. The number of carbonyl (C=O) groups excluding carboxylic acids is 4. The van der Waals surface area contributed by atoms with Crippen LogP contribution in [0.15, 0.2) is 59.3 Å². The van der Waals surface area contributed by atoms with E-state index < -0.39 is 23.8 Å². The number of hydrogen-bond donors (Lipinski definition) is 1. The van der Waals surface area contributed by atoms with Gasteiger partial charge in [0, 0.05) is 5.69 Å². The van der Waals surface area contributed by atoms with Crippen LogP contribution in [0.1, 0.15) is 40.5 Å². The van der Waals surface area contributed by atoms with Crippen LogP contribution in [-0.4, -0.2) is 30.4 Å². The molecule has 0 saturated carbocycles. The highest BCUT2D eigenvalue weighted by atomic mass is 35.5. The number of esters is 1. The number of benzene rings is 2. The molecule has 1 aliphatic heterocycles. The molecule has 0 bridgehead atoms. The number of nitrogens with zero attached hydrogens (tertiary/aromatic N) is 1. The number of ether oxygens (including phenoxy) is 1. The minimum Gasteiger partial charge on any atom is -0.545 e. The summed E-state index contributed by atoms with van der Waals surface area (Å²) in [5.41, 5.74) is 0.264. The van der Waals surface area contributed by atoms with Crippen molar-refractivity contribution >= 4 is 46.7 Å². The first kappa shape index (κ1) is 22.0. The van der Waals surface area contributed by atoms with Crippen LogP contribution in [0.5, 0.6) is 0 Å². The molecule has 0 spiro atoms. The lowest BCUT2D eigenvalue weighted by Crippen LogP contribution is -2.32. The number of nitrogens with one attached hydrogen (secondary N) is 1. The number of carboxylic acid groups (broad SMARTS) is 1. The van der Waals surface area contributed by atoms with Gasteiger partial charge >= 0.3 is 5.97 Å². The van der Waals surface area contributed by atoms with Gasteiger partial charge in [0.05, 0.1) is 23.8 Å². The summed E-state index contributed by atoms with van der Waals surface area (Å²) in [7, 11) is 0. The molecule has 0 radical (unpaired) electrons. The topological polar surface area (TPSA) is 116 Å². The molecule has 0 saturated heterocycles. The maximum Gasteiger partial charge on any atom is 0.338 e. The lowest BCUT2D eigenvalue weighted by Gasteiger charge is -2.16. The Balaban J connectivity index is 1.83. The van der Waals surface area contributed by atoms with Gasteiger partial charge in [-0.1, -0.05) is 43.1 Å². The fourth-order valence-electron chi connectivity index (χ4n) is 2.88. The van der Waals surface area contributed by atoms with E-state index in [1.165, 1.54) is 48.5 Å². The molecule has 0 unspecified atom stereocenters. The SMILES string of the molecule is CCCCOC(=O)c1cccc(N2C(=O)C(Cl)=C(Nc3cccc(C(=O)[O-])c3)C2=O)c1. The molecule has 31 heavy (non-hydrogen) atoms. The molecule has 8 nitrogen and oxygen atoms in total. The zero-order chi connectivity index (χ0) is 22.5. The number of unbranched alkanes of at least 4 members (excludes halogenated alkanes) is 1. The van der Waals surface area contributed by atoms with E-state index in [2.05, 4.69) is 5.32 Å². The van der Waals surface area contributed by atoms with Gasteiger partial charge < -0.3 is 20.0 Å². The highest BCUT2D eigenvalue weighted by Gasteiger charge is 2.39. The van der Waals surface area contributed by atoms with Crippen LogP contribution in [0, 0.1) is 0 Å². The molecule has 1 N–H and O–H groups in total. The first-order chi connectivity index (χ1) is 14.8. The second-order valence-corrected chi connectivity index (χ2v) is 7.05. The molecule has 2 aromatic carbocycles. The third-order valence-electron chi connectivity index (χ3n) is 4.47. The summed E-state index contributed by atoms with van der Waals surface area (Å²) in [6, 6.07) is 11.4. The van der Waals surface area contributed by atoms with Crippen LogP contribution in [0.4, 0.5) is 11.4 Å². The van der Waals surface area contributed by atoms with Gasteiger partial charge in [-0.25, -0.2) is 9.69 Å². The van der Waals surface area contributed by atoms with E-state index in [9.17, 15) is 24.3 Å². The van der Waals surface area contributed by atoms with E-state index in [0.29, 0.717) is 0 Å². The Morgan fingerprint density at radius 3 is 2.48 bits per heavy atom. The number of amides is 2. The summed E-state index contributed by atoms with van der Waals surface area (Å²) in [4.78, 5) is 49.6. The molecule has 2 aromatic rings. The molecule has 2 amide bonds. The van der Waals surface area contributed by atoms with Crippen molar-refractivity contribution in [1.82, 2.24) is 0 Å². The summed E-state index contributed by atoms with van der Waals surface area (Å²) in [5, 5.41) is 13.4. The van der Waals surface area contributed by atoms with Crippen molar-refractivity contribution in [3.05, 3.63) is 70.4 Å². The van der Waals surface area contributed by atoms with Crippen molar-refractivity contribution in [2.24, 2.45) is 0 Å². The molecule has 0 aromatic heterocycles. The summed E-state index contributed by atoms with van der Waals surface area (Å²) in [6.07, 6.45) is 1.60. The van der Waals surface area contributed by atoms with Gasteiger partial charge in [-0.05, 0) is 42.3 Å². The van der Waals surface area contributed by atoms with Crippen LogP contribution < -0.4 is 15.3 Å². The summed E-state index contributed by atoms with van der Waals surface area (Å²) in [5.74, 6) is -3.47. The van der Waals surface area contributed by atoms with Gasteiger partial charge in [0.2, 0.25) is 0 Å². The molecule has 1 heterocycles. The number of halogens is 1. The number of carbonyl (C=O) groups is 4. The Morgan fingerprint density at radius 2 is 1.77 bits per heavy atom. The highest BCUT2D eigenvalue weighted by Crippen LogP contribution is 2.30. The molecule has 0 fully saturated rings. The Hall–Kier alpha value is -3.65. The first-order valence-electron chi connectivity index (χ1n) is 9.47. The summed E-state index contributed by atoms with van der Waals surface area (Å²) in [6.45, 7) is 2.24. The van der Waals surface area contributed by atoms with E-state index in [4.69, 9.17) is 16.3 Å². The van der Waals surface area contributed by atoms with Crippen LogP contribution in [0.25, 0.3) is 0 Å². The van der Waals surface area contributed by atoms with E-state index in [1.807, 2.05) is 6.92 Å². The molecular formula is C22H18ClN2O6-. The fourth-order valence-corrected chi connectivity index (χ4v) is 3.09. The van der Waals surface area contributed by atoms with Gasteiger partial charge in [-0.3, -0.25) is 9.59 Å². The maximum atomic E-state index is 12.9. The number of aromatic carboxylic acids is 1. The monoisotopic (exact) mass is 441 g/mol. The van der Waals surface area contributed by atoms with Gasteiger partial charge in [-0.2, -0.15) is 0 Å². The standard InChI is InChI=1S/C22H19ClN2O6/c1-2-3-10-31-22(30)14-7-5-9-16(12-14)25-19(26)17(23)18(20(25)27)24-15-8-4-6-13(11-15)21(28)29/h4-9,11-12,24H,2-3,10H2,1H3,(H,28,29)/p-1. The average Bonchev–Trinajstić information content (AvgIpc) is 2.97. The minimum absolute atomic E-state index is 0.107. The normalized spacial score (nSPS) is 13.5. The van der Waals surface area contributed by atoms with Crippen LogP contribution in [0.3, 0.4) is 0 Å². The van der Waals surface area contributed by atoms with E-state index in [0.717, 1.165) is 17.7 Å². The largest absolute Gasteiger partial charge is 0.545 e. The number of hydrogen-bond acceptors (Lipinski definition) is 7. The first-order valence-corrected chi connectivity index (χ1v) is 9.85. The predicted molar refractivity (Wildman–Crippen MR) is 111 cm³/mol. The molecular weight excluding hydrogens is 424 g/mol. The van der Waals surface area contributed by atoms with Crippen LogP contribution in [-0.2, 0) is 14.3 Å². The average molecular weight is 442 g/mol. The second kappa shape index (κ2) is 9.44. The van der Waals surface area contributed by atoms with Crippen molar-refractivity contribution in [3.8, 4) is 0 Å². The van der Waals surface area contributed by atoms with Crippen molar-refractivity contribution in [2.75, 3.05) is 16.8 Å². The van der Waals surface area contributed by atoms with E-state index >= 15 is 0 Å². The maximum absolute atomic E-state index is 12.9. The predicted octanol–water partition coefficient (Wildman–Crippen LogP) is 2.44. The van der Waals surface area contributed by atoms with Crippen molar-refractivity contribution in [1.29, 1.82) is 0 Å². The van der Waals surface area contributed by atoms with Gasteiger partial charge in [0.15, 0.2) is 0 Å². The number of anilines is 2. The van der Waals surface area contributed by atoms with Gasteiger partial charge in [0.25, 0.3) is 11.8 Å². The quantitative estimate of drug-likeness (QED) is 0.380. The van der Waals surface area contributed by atoms with Gasteiger partial charge in [-0.15, -0.1) is 0 Å². The summed E-state index contributed by atoms with van der Waals surface area (Å²) >= 11 is 6.09. The second-order valence-electron chi connectivity index (χ2n) is 6.67. The van der Waals surface area contributed by atoms with Crippen LogP contribution in [0.2, 0.25) is 0 Å². The van der Waals surface area contributed by atoms with E-state index in [1.54, 1.807) is 0 Å². The Bertz CT molecular complexity index is 1090. The minimum atomic E-state index is -1.39. The third kappa shape index (κ3) is 4.75. The zero-order valence-electron chi connectivity index (χ0n) is 16.5. The number of imide groups is 1. The van der Waals surface area contributed by atoms with Crippen molar-refractivity contribution in [2.45, 2.75) is 19.8 Å². The van der Waals surface area contributed by atoms with Gasteiger partial charge in [0.1, 0.15) is 10.7 Å². The van der Waals surface area contributed by atoms with Crippen LogP contribution >= 0.6 is 11.6 Å². The number of rotatable bonds is 8. The third-order valence-corrected chi connectivity index (χ3v) is 4.82. The Labute approximate surface area is 183 Å². The Morgan fingerprint density at radius 1 is 1.06 bits per heavy atom. The Kier molecular flexibility index (Phi) is 6.71. The molecule has 0 aliphatic carbocycles. The molecule has 9 heteroatoms. The molecule has 160 valence electrons. The lowest BCUT2D eigenvalue weighted by atomic mass is 10.2. The smallest absolute Gasteiger partial charge is 0.338 e.